The molecule has 2 heteroatoms. The molecular formula is C44H29NS. The molecule has 0 saturated carbocycles. The van der Waals surface area contributed by atoms with Gasteiger partial charge >= 0.3 is 0 Å². The zero-order valence-electron chi connectivity index (χ0n) is 25.1. The molecule has 0 fully saturated rings. The highest BCUT2D eigenvalue weighted by atomic mass is 32.2. The summed E-state index contributed by atoms with van der Waals surface area (Å²) < 4.78 is 0. The Balaban J connectivity index is 1.09. The van der Waals surface area contributed by atoms with Crippen LogP contribution in [0.25, 0.3) is 38.6 Å². The third-order valence-corrected chi connectivity index (χ3v) is 11.2. The number of rotatable bonds is 3. The topological polar surface area (TPSA) is 3.24 Å². The number of hydrogen-bond acceptors (Lipinski definition) is 2. The maximum absolute atomic E-state index is 2.54. The van der Waals surface area contributed by atoms with Gasteiger partial charge in [0.25, 0.3) is 0 Å². The number of fused-ring (bicyclic) bond motifs is 7. The lowest BCUT2D eigenvalue weighted by Gasteiger charge is -2.34. The maximum atomic E-state index is 2.54. The molecule has 2 heterocycles. The van der Waals surface area contributed by atoms with E-state index in [0.717, 1.165) is 0 Å². The lowest BCUT2D eigenvalue weighted by Crippen LogP contribution is -2.31. The molecule has 0 radical (unpaired) electrons. The van der Waals surface area contributed by atoms with Crippen molar-refractivity contribution in [2.75, 3.05) is 4.90 Å². The van der Waals surface area contributed by atoms with E-state index in [1.807, 2.05) is 11.8 Å². The van der Waals surface area contributed by atoms with Gasteiger partial charge in [-0.1, -0.05) is 145 Å². The summed E-state index contributed by atoms with van der Waals surface area (Å²) in [5.41, 5.74) is 14.4. The summed E-state index contributed by atoms with van der Waals surface area (Å²) in [4.78, 5) is 5.21. The molecule has 1 aliphatic carbocycles. The predicted octanol–water partition coefficient (Wildman–Crippen LogP) is 11.7. The highest BCUT2D eigenvalue weighted by Gasteiger charge is 2.42. The lowest BCUT2D eigenvalue weighted by molar-refractivity contribution is 0.721. The number of benzene rings is 7. The van der Waals surface area contributed by atoms with Crippen LogP contribution < -0.4 is 4.90 Å². The first-order chi connectivity index (χ1) is 22.8. The quantitative estimate of drug-likeness (QED) is 0.198. The zero-order chi connectivity index (χ0) is 30.2. The van der Waals surface area contributed by atoms with Gasteiger partial charge in [0.15, 0.2) is 0 Å². The van der Waals surface area contributed by atoms with Gasteiger partial charge in [-0.25, -0.2) is 0 Å². The lowest BCUT2D eigenvalue weighted by atomic mass is 9.76. The van der Waals surface area contributed by atoms with E-state index in [0.29, 0.717) is 0 Å². The first kappa shape index (κ1) is 26.0. The predicted molar refractivity (Wildman–Crippen MR) is 193 cm³/mol. The van der Waals surface area contributed by atoms with Gasteiger partial charge in [-0.05, 0) is 85.8 Å². The van der Waals surface area contributed by atoms with Crippen LogP contribution in [0.5, 0.6) is 0 Å². The average Bonchev–Trinajstić information content (AvgIpc) is 3.46. The highest BCUT2D eigenvalue weighted by Crippen LogP contribution is 2.54. The Bertz CT molecular complexity index is 2340. The van der Waals surface area contributed by atoms with E-state index in [-0.39, 0.29) is 12.0 Å². The van der Waals surface area contributed by atoms with Crippen molar-refractivity contribution in [1.29, 1.82) is 0 Å². The molecule has 46 heavy (non-hydrogen) atoms. The zero-order valence-corrected chi connectivity index (χ0v) is 25.9. The van der Waals surface area contributed by atoms with Crippen molar-refractivity contribution < 1.29 is 0 Å². The van der Waals surface area contributed by atoms with Crippen molar-refractivity contribution in [1.82, 2.24) is 0 Å². The molecular weight excluding hydrogens is 575 g/mol. The van der Waals surface area contributed by atoms with Crippen LogP contribution in [-0.4, -0.2) is 6.04 Å². The molecule has 2 atom stereocenters. The fraction of sp³-hybridized carbons (Fsp3) is 0.0455. The molecule has 0 aromatic heterocycles. The SMILES string of the molecule is C1=C(c2ccc(-c3ccc4c5c(cccc35)-c3ccccc3S4)cc2)c2ccccc2C2c3ccccc3N(c3ccccc3)C12. The van der Waals surface area contributed by atoms with Gasteiger partial charge in [0, 0.05) is 32.5 Å². The van der Waals surface area contributed by atoms with Crippen LogP contribution in [0.3, 0.4) is 0 Å². The molecule has 0 spiro atoms. The van der Waals surface area contributed by atoms with Gasteiger partial charge in [-0.15, -0.1) is 0 Å². The van der Waals surface area contributed by atoms with Gasteiger partial charge in [-0.3, -0.25) is 0 Å². The Labute approximate surface area is 273 Å². The van der Waals surface area contributed by atoms with Crippen molar-refractivity contribution >= 4 is 39.5 Å². The summed E-state index contributed by atoms with van der Waals surface area (Å²) in [5, 5.41) is 2.68. The first-order valence-corrected chi connectivity index (χ1v) is 16.8. The molecule has 0 amide bonds. The largest absolute Gasteiger partial charge is 0.333 e. The Morgan fingerprint density at radius 3 is 2.02 bits per heavy atom. The second-order valence-corrected chi connectivity index (χ2v) is 13.5. The van der Waals surface area contributed by atoms with Crippen molar-refractivity contribution in [2.45, 2.75) is 21.8 Å². The minimum atomic E-state index is 0.199. The van der Waals surface area contributed by atoms with E-state index in [1.165, 1.54) is 82.0 Å². The Hall–Kier alpha value is -5.31. The molecule has 216 valence electrons. The molecule has 7 aromatic rings. The van der Waals surface area contributed by atoms with E-state index in [2.05, 4.69) is 169 Å². The number of anilines is 2. The number of para-hydroxylation sites is 2. The molecule has 0 saturated heterocycles. The smallest absolute Gasteiger partial charge is 0.0641 e. The Morgan fingerprint density at radius 2 is 1.15 bits per heavy atom. The molecule has 2 unspecified atom stereocenters. The van der Waals surface area contributed by atoms with Gasteiger partial charge in [0.2, 0.25) is 0 Å². The second-order valence-electron chi connectivity index (χ2n) is 12.4. The van der Waals surface area contributed by atoms with Gasteiger partial charge < -0.3 is 4.90 Å². The molecule has 7 aromatic carbocycles. The van der Waals surface area contributed by atoms with Gasteiger partial charge in [0.1, 0.15) is 0 Å². The molecule has 0 bridgehead atoms. The highest BCUT2D eigenvalue weighted by molar-refractivity contribution is 7.99. The van der Waals surface area contributed by atoms with Crippen LogP contribution in [-0.2, 0) is 0 Å². The van der Waals surface area contributed by atoms with Gasteiger partial charge in [-0.2, -0.15) is 0 Å². The van der Waals surface area contributed by atoms with Crippen LogP contribution in [0.1, 0.15) is 28.2 Å². The third-order valence-electron chi connectivity index (χ3n) is 10.0. The van der Waals surface area contributed by atoms with E-state index >= 15 is 0 Å². The standard InChI is InChI=1S/C44H29NS/c1-2-11-30(12-3-1)45-39-19-8-6-16-37(39)43-35-15-5-4-13-32(35)38(27-40(43)45)29-23-21-28(22-24-29)31-25-26-42-44-34(31)17-10-18-36(44)33-14-7-9-20-41(33)46-42/h1-27,40,43H. The van der Waals surface area contributed by atoms with Crippen LogP contribution in [0, 0.1) is 0 Å². The van der Waals surface area contributed by atoms with Gasteiger partial charge in [0.05, 0.1) is 6.04 Å². The molecule has 10 rings (SSSR count). The molecule has 0 N–H and O–H groups in total. The van der Waals surface area contributed by atoms with E-state index in [4.69, 9.17) is 0 Å². The molecule has 1 nitrogen and oxygen atoms in total. The number of hydrogen-bond donors (Lipinski definition) is 0. The summed E-state index contributed by atoms with van der Waals surface area (Å²) >= 11 is 1.88. The van der Waals surface area contributed by atoms with E-state index < -0.39 is 0 Å². The van der Waals surface area contributed by atoms with Crippen LogP contribution in [0.2, 0.25) is 0 Å². The third kappa shape index (κ3) is 3.77. The average molecular weight is 604 g/mol. The van der Waals surface area contributed by atoms with Crippen LogP contribution in [0.15, 0.2) is 174 Å². The maximum Gasteiger partial charge on any atom is 0.0641 e. The summed E-state index contributed by atoms with van der Waals surface area (Å²) in [6.07, 6.45) is 2.52. The Kier molecular flexibility index (Phi) is 5.70. The fourth-order valence-electron chi connectivity index (χ4n) is 8.07. The van der Waals surface area contributed by atoms with Crippen molar-refractivity contribution in [3.05, 3.63) is 186 Å². The van der Waals surface area contributed by atoms with Crippen molar-refractivity contribution in [2.24, 2.45) is 0 Å². The summed E-state index contributed by atoms with van der Waals surface area (Å²) in [7, 11) is 0. The van der Waals surface area contributed by atoms with E-state index in [1.54, 1.807) is 0 Å². The number of nitrogens with zero attached hydrogens (tertiary/aromatic N) is 1. The van der Waals surface area contributed by atoms with Crippen LogP contribution in [0.4, 0.5) is 11.4 Å². The monoisotopic (exact) mass is 603 g/mol. The minimum Gasteiger partial charge on any atom is -0.333 e. The Morgan fingerprint density at radius 1 is 0.457 bits per heavy atom. The summed E-state index contributed by atoms with van der Waals surface area (Å²) in [6.45, 7) is 0. The summed E-state index contributed by atoms with van der Waals surface area (Å²) in [6, 6.07) is 58.5. The van der Waals surface area contributed by atoms with Crippen molar-refractivity contribution in [3.63, 3.8) is 0 Å². The molecule has 3 aliphatic rings. The first-order valence-electron chi connectivity index (χ1n) is 16.0. The normalized spacial score (nSPS) is 17.1. The summed E-state index contributed by atoms with van der Waals surface area (Å²) in [5.74, 6) is 0.288. The van der Waals surface area contributed by atoms with Crippen molar-refractivity contribution in [3.8, 4) is 22.3 Å². The van der Waals surface area contributed by atoms with Crippen LogP contribution >= 0.6 is 11.8 Å². The molecule has 2 aliphatic heterocycles. The second kappa shape index (κ2) is 10.1. The fourth-order valence-corrected chi connectivity index (χ4v) is 9.20. The van der Waals surface area contributed by atoms with E-state index in [9.17, 15) is 0 Å². The minimum absolute atomic E-state index is 0.199.